The normalized spacial score (nSPS) is 16.2. The summed E-state index contributed by atoms with van der Waals surface area (Å²) in [6.45, 7) is 3.00. The molecular weight excluding hydrogens is 402 g/mol. The Morgan fingerprint density at radius 2 is 2.03 bits per heavy atom. The van der Waals surface area contributed by atoms with Crippen molar-refractivity contribution < 1.29 is 19.1 Å². The summed E-state index contributed by atoms with van der Waals surface area (Å²) < 4.78 is 5.08. The highest BCUT2D eigenvalue weighted by atomic mass is 32.1. The molecule has 30 heavy (non-hydrogen) atoms. The van der Waals surface area contributed by atoms with Crippen LogP contribution in [0.5, 0.6) is 0 Å². The average Bonchev–Trinajstić information content (AvgIpc) is 3.22. The van der Waals surface area contributed by atoms with Crippen LogP contribution in [0.25, 0.3) is 0 Å². The summed E-state index contributed by atoms with van der Waals surface area (Å²) in [5.74, 6) is -0.993. The summed E-state index contributed by atoms with van der Waals surface area (Å²) in [7, 11) is 1.60. The number of piperidine rings is 1. The van der Waals surface area contributed by atoms with Crippen molar-refractivity contribution in [2.75, 3.05) is 33.3 Å². The van der Waals surface area contributed by atoms with Gasteiger partial charge in [-0.15, -0.1) is 11.3 Å². The van der Waals surface area contributed by atoms with Crippen LogP contribution in [0.2, 0.25) is 0 Å². The van der Waals surface area contributed by atoms with Crippen molar-refractivity contribution in [3.05, 3.63) is 52.0 Å². The monoisotopic (exact) mass is 429 g/mol. The topological polar surface area (TPSA) is 79.8 Å². The van der Waals surface area contributed by atoms with Gasteiger partial charge in [-0.25, -0.2) is 4.98 Å². The number of amides is 2. The Balaban J connectivity index is 1.55. The molecule has 2 amide bonds. The standard InChI is InChI=1S/C22H27N3O4S/c1-3-29-22(28)17-10-7-11-25(13-17)20(26)14-24(2)21(27)18-15-30-19(23-18)12-16-8-5-4-6-9-16/h4-6,8-9,15,17H,3,7,10-14H2,1-2H3. The van der Waals surface area contributed by atoms with E-state index in [0.29, 0.717) is 31.8 Å². The molecule has 0 radical (unpaired) electrons. The number of rotatable bonds is 7. The maximum absolute atomic E-state index is 12.7. The lowest BCUT2D eigenvalue weighted by Crippen LogP contribution is -2.47. The minimum Gasteiger partial charge on any atom is -0.466 e. The van der Waals surface area contributed by atoms with E-state index in [1.165, 1.54) is 16.2 Å². The average molecular weight is 430 g/mol. The summed E-state index contributed by atoms with van der Waals surface area (Å²) in [6, 6.07) is 9.96. The zero-order chi connectivity index (χ0) is 21.5. The Morgan fingerprint density at radius 3 is 2.77 bits per heavy atom. The number of hydrogen-bond acceptors (Lipinski definition) is 6. The van der Waals surface area contributed by atoms with Crippen LogP contribution in [0.15, 0.2) is 35.7 Å². The third kappa shape index (κ3) is 5.66. The zero-order valence-corrected chi connectivity index (χ0v) is 18.2. The van der Waals surface area contributed by atoms with Crippen molar-refractivity contribution in [3.8, 4) is 0 Å². The number of aromatic nitrogens is 1. The number of thiazole rings is 1. The quantitative estimate of drug-likeness (QED) is 0.632. The lowest BCUT2D eigenvalue weighted by atomic mass is 9.98. The molecule has 1 aromatic heterocycles. The van der Waals surface area contributed by atoms with Crippen LogP contribution in [0.3, 0.4) is 0 Å². The Hall–Kier alpha value is -2.74. The number of esters is 1. The van der Waals surface area contributed by atoms with Gasteiger partial charge < -0.3 is 14.5 Å². The summed E-state index contributed by atoms with van der Waals surface area (Å²) in [6.07, 6.45) is 2.15. The van der Waals surface area contributed by atoms with Crippen LogP contribution in [0, 0.1) is 5.92 Å². The Labute approximate surface area is 180 Å². The molecule has 0 spiro atoms. The first kappa shape index (κ1) is 22.0. The molecule has 2 aromatic rings. The van der Waals surface area contributed by atoms with E-state index in [1.54, 1.807) is 24.3 Å². The molecule has 8 heteroatoms. The molecule has 7 nitrogen and oxygen atoms in total. The van der Waals surface area contributed by atoms with Gasteiger partial charge in [0.15, 0.2) is 0 Å². The first-order valence-corrected chi connectivity index (χ1v) is 11.0. The van der Waals surface area contributed by atoms with Crippen molar-refractivity contribution in [2.45, 2.75) is 26.2 Å². The number of hydrogen-bond donors (Lipinski definition) is 0. The van der Waals surface area contributed by atoms with Gasteiger partial charge in [0.2, 0.25) is 5.91 Å². The molecule has 1 fully saturated rings. The molecule has 2 heterocycles. The summed E-state index contributed by atoms with van der Waals surface area (Å²) >= 11 is 1.44. The van der Waals surface area contributed by atoms with Gasteiger partial charge in [0.25, 0.3) is 5.91 Å². The number of nitrogens with zero attached hydrogens (tertiary/aromatic N) is 3. The second kappa shape index (κ2) is 10.3. The second-order valence-electron chi connectivity index (χ2n) is 7.38. The molecular formula is C22H27N3O4S. The SMILES string of the molecule is CCOC(=O)C1CCCN(C(=O)CN(C)C(=O)c2csc(Cc3ccccc3)n2)C1. The van der Waals surface area contributed by atoms with Crippen LogP contribution in [-0.2, 0) is 20.7 Å². The van der Waals surface area contributed by atoms with Crippen LogP contribution in [-0.4, -0.2) is 65.9 Å². The maximum atomic E-state index is 12.7. The number of benzene rings is 1. The molecule has 1 aliphatic heterocycles. The van der Waals surface area contributed by atoms with E-state index in [2.05, 4.69) is 4.98 Å². The fourth-order valence-electron chi connectivity index (χ4n) is 3.49. The second-order valence-corrected chi connectivity index (χ2v) is 8.32. The van der Waals surface area contributed by atoms with Gasteiger partial charge in [0.05, 0.1) is 24.1 Å². The third-order valence-corrected chi connectivity index (χ3v) is 5.93. The van der Waals surface area contributed by atoms with Crippen LogP contribution in [0.4, 0.5) is 0 Å². The van der Waals surface area contributed by atoms with E-state index >= 15 is 0 Å². The molecule has 3 rings (SSSR count). The molecule has 1 atom stereocenters. The van der Waals surface area contributed by atoms with Gasteiger partial charge in [-0.1, -0.05) is 30.3 Å². The predicted molar refractivity (Wildman–Crippen MR) is 114 cm³/mol. The summed E-state index contributed by atoms with van der Waals surface area (Å²) in [4.78, 5) is 44.9. The number of ether oxygens (including phenoxy) is 1. The minimum absolute atomic E-state index is 0.0417. The lowest BCUT2D eigenvalue weighted by Gasteiger charge is -2.32. The van der Waals surface area contributed by atoms with E-state index in [4.69, 9.17) is 4.74 Å². The van der Waals surface area contributed by atoms with E-state index in [1.807, 2.05) is 30.3 Å². The Kier molecular flexibility index (Phi) is 7.57. The van der Waals surface area contributed by atoms with Crippen LogP contribution in [0.1, 0.15) is 40.8 Å². The van der Waals surface area contributed by atoms with Crippen molar-refractivity contribution in [3.63, 3.8) is 0 Å². The van der Waals surface area contributed by atoms with E-state index < -0.39 is 0 Å². The molecule has 160 valence electrons. The molecule has 1 aromatic carbocycles. The molecule has 1 unspecified atom stereocenters. The van der Waals surface area contributed by atoms with Crippen LogP contribution < -0.4 is 0 Å². The van der Waals surface area contributed by atoms with Crippen LogP contribution >= 0.6 is 11.3 Å². The number of likely N-dealkylation sites (N-methyl/N-ethyl adjacent to an activating group) is 1. The van der Waals surface area contributed by atoms with Gasteiger partial charge >= 0.3 is 5.97 Å². The van der Waals surface area contributed by atoms with Gasteiger partial charge in [0, 0.05) is 31.9 Å². The third-order valence-electron chi connectivity index (χ3n) is 5.08. The first-order valence-electron chi connectivity index (χ1n) is 10.2. The number of carbonyl (C=O) groups excluding carboxylic acids is 3. The molecule has 1 aliphatic rings. The fraction of sp³-hybridized carbons (Fsp3) is 0.455. The maximum Gasteiger partial charge on any atom is 0.310 e. The molecule has 0 saturated carbocycles. The smallest absolute Gasteiger partial charge is 0.310 e. The highest BCUT2D eigenvalue weighted by Crippen LogP contribution is 2.19. The Morgan fingerprint density at radius 1 is 1.27 bits per heavy atom. The highest BCUT2D eigenvalue weighted by Gasteiger charge is 2.30. The van der Waals surface area contributed by atoms with Crippen molar-refractivity contribution >= 4 is 29.1 Å². The summed E-state index contributed by atoms with van der Waals surface area (Å²) in [5, 5.41) is 2.59. The Bertz CT molecular complexity index is 884. The van der Waals surface area contributed by atoms with Gasteiger partial charge in [-0.3, -0.25) is 14.4 Å². The van der Waals surface area contributed by atoms with E-state index in [9.17, 15) is 14.4 Å². The highest BCUT2D eigenvalue weighted by molar-refractivity contribution is 7.09. The van der Waals surface area contributed by atoms with E-state index in [0.717, 1.165) is 23.4 Å². The fourth-order valence-corrected chi connectivity index (χ4v) is 4.29. The van der Waals surface area contributed by atoms with Gasteiger partial charge in [-0.2, -0.15) is 0 Å². The predicted octanol–water partition coefficient (Wildman–Crippen LogP) is 2.61. The largest absolute Gasteiger partial charge is 0.466 e. The number of likely N-dealkylation sites (tertiary alicyclic amines) is 1. The van der Waals surface area contributed by atoms with Crippen molar-refractivity contribution in [2.24, 2.45) is 5.92 Å². The first-order chi connectivity index (χ1) is 14.5. The minimum atomic E-state index is -0.289. The molecule has 0 N–H and O–H groups in total. The lowest BCUT2D eigenvalue weighted by molar-refractivity contribution is -0.151. The number of carbonyl (C=O) groups is 3. The summed E-state index contributed by atoms with van der Waals surface area (Å²) in [5.41, 5.74) is 1.49. The van der Waals surface area contributed by atoms with Gasteiger partial charge in [-0.05, 0) is 25.3 Å². The van der Waals surface area contributed by atoms with E-state index in [-0.39, 0.29) is 30.2 Å². The van der Waals surface area contributed by atoms with Crippen molar-refractivity contribution in [1.29, 1.82) is 0 Å². The molecule has 0 bridgehead atoms. The van der Waals surface area contributed by atoms with Gasteiger partial charge in [0.1, 0.15) is 5.69 Å². The molecule has 0 aliphatic carbocycles. The molecule has 1 saturated heterocycles. The zero-order valence-electron chi connectivity index (χ0n) is 17.4. The van der Waals surface area contributed by atoms with Crippen molar-refractivity contribution in [1.82, 2.24) is 14.8 Å².